The summed E-state index contributed by atoms with van der Waals surface area (Å²) >= 11 is 0. The number of benzene rings is 2. The second-order valence-electron chi connectivity index (χ2n) is 8.41. The Kier molecular flexibility index (Phi) is 9.07. The molecule has 1 aliphatic heterocycles. The van der Waals surface area contributed by atoms with Crippen molar-refractivity contribution in [2.45, 2.75) is 13.1 Å². The summed E-state index contributed by atoms with van der Waals surface area (Å²) in [5.41, 5.74) is 3.11. The normalized spacial score (nSPS) is 15.1. The van der Waals surface area contributed by atoms with Gasteiger partial charge in [0.15, 0.2) is 5.96 Å². The maximum absolute atomic E-state index is 12.4. The Balaban J connectivity index is 1.47. The van der Waals surface area contributed by atoms with Gasteiger partial charge in [-0.25, -0.2) is 0 Å². The van der Waals surface area contributed by atoms with Crippen molar-refractivity contribution in [3.05, 3.63) is 71.3 Å². The van der Waals surface area contributed by atoms with Crippen molar-refractivity contribution in [3.63, 3.8) is 0 Å². The molecule has 0 radical (unpaired) electrons. The van der Waals surface area contributed by atoms with Crippen LogP contribution in [0.2, 0.25) is 0 Å². The van der Waals surface area contributed by atoms with Crippen LogP contribution < -0.4 is 10.6 Å². The molecule has 1 heterocycles. The van der Waals surface area contributed by atoms with Gasteiger partial charge >= 0.3 is 0 Å². The number of carbonyl (C=O) groups is 1. The minimum absolute atomic E-state index is 0.0346. The fraction of sp³-hybridized carbons (Fsp3) is 0.440. The molecule has 1 amide bonds. The maximum atomic E-state index is 12.4. The van der Waals surface area contributed by atoms with E-state index in [0.717, 1.165) is 50.8 Å². The summed E-state index contributed by atoms with van der Waals surface area (Å²) < 4.78 is 0. The lowest BCUT2D eigenvalue weighted by Crippen LogP contribution is -2.52. The van der Waals surface area contributed by atoms with Gasteiger partial charge in [-0.05, 0) is 37.4 Å². The minimum atomic E-state index is -0.0346. The van der Waals surface area contributed by atoms with E-state index in [9.17, 15) is 4.79 Å². The number of aliphatic imine (C=N–C) groups is 1. The van der Waals surface area contributed by atoms with E-state index in [0.29, 0.717) is 18.7 Å². The molecule has 2 aromatic rings. The number of hydrogen-bond acceptors (Lipinski definition) is 4. The zero-order valence-electron chi connectivity index (χ0n) is 19.6. The minimum Gasteiger partial charge on any atom is -0.352 e. The van der Waals surface area contributed by atoms with E-state index in [2.05, 4.69) is 55.8 Å². The lowest BCUT2D eigenvalue weighted by molar-refractivity contribution is 0.0951. The number of hydrogen-bond donors (Lipinski definition) is 2. The Morgan fingerprint density at radius 3 is 2.38 bits per heavy atom. The van der Waals surface area contributed by atoms with E-state index in [4.69, 9.17) is 0 Å². The van der Waals surface area contributed by atoms with Crippen LogP contribution >= 0.6 is 0 Å². The van der Waals surface area contributed by atoms with E-state index in [1.54, 1.807) is 0 Å². The van der Waals surface area contributed by atoms with Crippen molar-refractivity contribution in [2.75, 3.05) is 60.4 Å². The molecule has 2 aromatic carbocycles. The van der Waals surface area contributed by atoms with Crippen molar-refractivity contribution < 1.29 is 4.79 Å². The molecule has 1 aliphatic rings. The first kappa shape index (κ1) is 23.8. The Morgan fingerprint density at radius 1 is 0.969 bits per heavy atom. The van der Waals surface area contributed by atoms with E-state index in [1.807, 2.05) is 50.3 Å². The van der Waals surface area contributed by atoms with Crippen molar-refractivity contribution in [2.24, 2.45) is 4.99 Å². The lowest BCUT2D eigenvalue weighted by Gasteiger charge is -2.36. The van der Waals surface area contributed by atoms with Gasteiger partial charge in [-0.3, -0.25) is 14.7 Å². The lowest BCUT2D eigenvalue weighted by atomic mass is 10.1. The quantitative estimate of drug-likeness (QED) is 0.489. The standard InChI is InChI=1S/C25H36N6O/c1-26-25(31-16-14-30(15-17-31)20-21-8-5-4-6-9-21)28-19-22-10-7-11-23(18-22)24(32)27-12-13-29(2)3/h4-11,18H,12-17,19-20H2,1-3H3,(H,26,28)(H,27,32). The fourth-order valence-corrected chi connectivity index (χ4v) is 3.79. The highest BCUT2D eigenvalue weighted by Gasteiger charge is 2.19. The van der Waals surface area contributed by atoms with Crippen LogP contribution in [0.1, 0.15) is 21.5 Å². The fourth-order valence-electron chi connectivity index (χ4n) is 3.79. The number of likely N-dealkylation sites (N-methyl/N-ethyl adjacent to an activating group) is 1. The third-order valence-electron chi connectivity index (χ3n) is 5.62. The SMILES string of the molecule is CN=C(NCc1cccc(C(=O)NCCN(C)C)c1)N1CCN(Cc2ccccc2)CC1. The zero-order valence-corrected chi connectivity index (χ0v) is 19.6. The average molecular weight is 437 g/mol. The highest BCUT2D eigenvalue weighted by Crippen LogP contribution is 2.10. The van der Waals surface area contributed by atoms with Crippen molar-refractivity contribution in [1.29, 1.82) is 0 Å². The summed E-state index contributed by atoms with van der Waals surface area (Å²) in [5.74, 6) is 0.873. The number of carbonyl (C=O) groups excluding carboxylic acids is 1. The largest absolute Gasteiger partial charge is 0.352 e. The zero-order chi connectivity index (χ0) is 22.8. The van der Waals surface area contributed by atoms with Gasteiger partial charge in [-0.2, -0.15) is 0 Å². The molecule has 0 atom stereocenters. The molecule has 172 valence electrons. The number of rotatable bonds is 8. The molecule has 0 aromatic heterocycles. The second kappa shape index (κ2) is 12.2. The molecule has 7 nitrogen and oxygen atoms in total. The molecule has 32 heavy (non-hydrogen) atoms. The Labute approximate surface area is 192 Å². The van der Waals surface area contributed by atoms with Gasteiger partial charge in [0.05, 0.1) is 0 Å². The van der Waals surface area contributed by atoms with E-state index < -0.39 is 0 Å². The molecule has 0 saturated carbocycles. The van der Waals surface area contributed by atoms with Gasteiger partial charge in [-0.1, -0.05) is 42.5 Å². The molecule has 2 N–H and O–H groups in total. The first-order valence-electron chi connectivity index (χ1n) is 11.3. The maximum Gasteiger partial charge on any atom is 0.251 e. The molecule has 3 rings (SSSR count). The highest BCUT2D eigenvalue weighted by atomic mass is 16.1. The summed E-state index contributed by atoms with van der Waals surface area (Å²) in [4.78, 5) is 23.7. The molecular weight excluding hydrogens is 400 g/mol. The number of nitrogens with zero attached hydrogens (tertiary/aromatic N) is 4. The van der Waals surface area contributed by atoms with Crippen LogP contribution in [-0.2, 0) is 13.1 Å². The van der Waals surface area contributed by atoms with E-state index >= 15 is 0 Å². The van der Waals surface area contributed by atoms with E-state index in [-0.39, 0.29) is 5.91 Å². The molecule has 0 unspecified atom stereocenters. The molecular formula is C25H36N6O. The van der Waals surface area contributed by atoms with Crippen molar-refractivity contribution in [3.8, 4) is 0 Å². The first-order valence-corrected chi connectivity index (χ1v) is 11.3. The summed E-state index contributed by atoms with van der Waals surface area (Å²) in [6, 6.07) is 18.4. The number of amides is 1. The summed E-state index contributed by atoms with van der Waals surface area (Å²) in [6.07, 6.45) is 0. The predicted octanol–water partition coefficient (Wildman–Crippen LogP) is 1.87. The van der Waals surface area contributed by atoms with Crippen LogP contribution in [0.4, 0.5) is 0 Å². The van der Waals surface area contributed by atoms with Gasteiger partial charge in [0, 0.05) is 65.0 Å². The van der Waals surface area contributed by atoms with Crippen LogP contribution in [0, 0.1) is 0 Å². The van der Waals surface area contributed by atoms with Crippen LogP contribution in [0.3, 0.4) is 0 Å². The average Bonchev–Trinajstić information content (AvgIpc) is 2.81. The number of piperazine rings is 1. The monoisotopic (exact) mass is 436 g/mol. The third kappa shape index (κ3) is 7.35. The summed E-state index contributed by atoms with van der Waals surface area (Å²) in [5, 5.41) is 6.43. The summed E-state index contributed by atoms with van der Waals surface area (Å²) in [6.45, 7) is 7.00. The van der Waals surface area contributed by atoms with E-state index in [1.165, 1.54) is 5.56 Å². The smallest absolute Gasteiger partial charge is 0.251 e. The molecule has 0 aliphatic carbocycles. The number of nitrogens with one attached hydrogen (secondary N) is 2. The molecule has 0 spiro atoms. The van der Waals surface area contributed by atoms with Crippen LogP contribution in [0.15, 0.2) is 59.6 Å². The van der Waals surface area contributed by atoms with Crippen LogP contribution in [-0.4, -0.2) is 87.0 Å². The Bertz CT molecular complexity index is 875. The topological polar surface area (TPSA) is 63.2 Å². The Morgan fingerprint density at radius 2 is 1.69 bits per heavy atom. The van der Waals surface area contributed by atoms with Gasteiger partial charge in [0.2, 0.25) is 0 Å². The summed E-state index contributed by atoms with van der Waals surface area (Å²) in [7, 11) is 5.82. The van der Waals surface area contributed by atoms with Gasteiger partial charge in [-0.15, -0.1) is 0 Å². The van der Waals surface area contributed by atoms with Gasteiger partial charge < -0.3 is 20.4 Å². The van der Waals surface area contributed by atoms with Crippen LogP contribution in [0.25, 0.3) is 0 Å². The first-order chi connectivity index (χ1) is 15.5. The molecule has 0 bridgehead atoms. The van der Waals surface area contributed by atoms with Crippen molar-refractivity contribution >= 4 is 11.9 Å². The van der Waals surface area contributed by atoms with Gasteiger partial charge in [0.25, 0.3) is 5.91 Å². The number of guanidine groups is 1. The molecule has 1 saturated heterocycles. The molecule has 1 fully saturated rings. The van der Waals surface area contributed by atoms with Crippen LogP contribution in [0.5, 0.6) is 0 Å². The predicted molar refractivity (Wildman–Crippen MR) is 131 cm³/mol. The Hall–Kier alpha value is -2.90. The molecule has 7 heteroatoms. The second-order valence-corrected chi connectivity index (χ2v) is 8.41. The third-order valence-corrected chi connectivity index (χ3v) is 5.62. The van der Waals surface area contributed by atoms with Crippen molar-refractivity contribution in [1.82, 2.24) is 25.3 Å². The highest BCUT2D eigenvalue weighted by molar-refractivity contribution is 5.94. The van der Waals surface area contributed by atoms with Gasteiger partial charge in [0.1, 0.15) is 0 Å².